The summed E-state index contributed by atoms with van der Waals surface area (Å²) in [7, 11) is 1.23. The number of methoxy groups -OCH3 is 1. The molecule has 1 unspecified atom stereocenters. The molecule has 10 heteroatoms. The molecule has 6 nitrogen and oxygen atoms in total. The van der Waals surface area contributed by atoms with Crippen LogP contribution in [0, 0.1) is 5.82 Å². The highest BCUT2D eigenvalue weighted by Crippen LogP contribution is 2.52. The van der Waals surface area contributed by atoms with Crippen molar-refractivity contribution in [2.75, 3.05) is 26.7 Å². The van der Waals surface area contributed by atoms with E-state index in [0.717, 1.165) is 12.1 Å². The smallest absolute Gasteiger partial charge is 0.419 e. The Balaban J connectivity index is 1.85. The molecule has 178 valence electrons. The van der Waals surface area contributed by atoms with E-state index in [1.165, 1.54) is 13.2 Å². The molecule has 1 atom stereocenters. The first-order valence-electron chi connectivity index (χ1n) is 10.5. The molecule has 1 aromatic carbocycles. The van der Waals surface area contributed by atoms with E-state index >= 15 is 0 Å². The van der Waals surface area contributed by atoms with Gasteiger partial charge in [-0.25, -0.2) is 9.18 Å². The van der Waals surface area contributed by atoms with Gasteiger partial charge in [0, 0.05) is 24.7 Å². The van der Waals surface area contributed by atoms with Crippen molar-refractivity contribution in [3.05, 3.63) is 35.1 Å². The van der Waals surface area contributed by atoms with E-state index in [-0.39, 0.29) is 19.1 Å². The molecule has 1 saturated heterocycles. The van der Waals surface area contributed by atoms with Gasteiger partial charge in [-0.2, -0.15) is 13.2 Å². The van der Waals surface area contributed by atoms with Crippen molar-refractivity contribution < 1.29 is 36.6 Å². The number of alkyl halides is 3. The largest absolute Gasteiger partial charge is 0.468 e. The molecule has 3 rings (SSSR count). The Morgan fingerprint density at radius 2 is 1.88 bits per heavy atom. The van der Waals surface area contributed by atoms with Gasteiger partial charge in [-0.3, -0.25) is 9.69 Å². The molecule has 1 aliphatic heterocycles. The molecule has 0 bridgehead atoms. The fourth-order valence-electron chi connectivity index (χ4n) is 3.99. The molecular weight excluding hydrogens is 432 g/mol. The molecule has 1 heterocycles. The van der Waals surface area contributed by atoms with Gasteiger partial charge in [0.05, 0.1) is 19.2 Å². The predicted octanol–water partition coefficient (Wildman–Crippen LogP) is 4.32. The topological polar surface area (TPSA) is 59.1 Å². The second kappa shape index (κ2) is 8.53. The highest BCUT2D eigenvalue weighted by atomic mass is 19.4. The standard InChI is InChI=1S/C22H28F4N2O4/c1-20(2,3)32-19(30)28-10-7-15(28)12-27(13-18(29)31-4)21(8-9-21)14-5-6-17(23)16(11-14)22(24,25)26/h5-6,11,15H,7-10,12-13H2,1-4H3. The predicted molar refractivity (Wildman–Crippen MR) is 107 cm³/mol. The maximum Gasteiger partial charge on any atom is 0.419 e. The number of likely N-dealkylation sites (tertiary alicyclic amines) is 1. The zero-order valence-electron chi connectivity index (χ0n) is 18.6. The number of halogens is 4. The number of rotatable bonds is 6. The molecular formula is C22H28F4N2O4. The van der Waals surface area contributed by atoms with E-state index in [0.29, 0.717) is 31.4 Å². The zero-order valence-corrected chi connectivity index (χ0v) is 18.6. The van der Waals surface area contributed by atoms with Crippen LogP contribution in [0.1, 0.15) is 51.2 Å². The molecule has 0 aromatic heterocycles. The number of carbonyl (C=O) groups excluding carboxylic acids is 2. The monoisotopic (exact) mass is 460 g/mol. The van der Waals surface area contributed by atoms with Crippen LogP contribution < -0.4 is 0 Å². The molecule has 0 radical (unpaired) electrons. The van der Waals surface area contributed by atoms with E-state index in [4.69, 9.17) is 9.47 Å². The first kappa shape index (κ1) is 24.3. The van der Waals surface area contributed by atoms with Crippen molar-refractivity contribution in [1.82, 2.24) is 9.80 Å². The van der Waals surface area contributed by atoms with Crippen LogP contribution in [-0.4, -0.2) is 60.2 Å². The van der Waals surface area contributed by atoms with Crippen molar-refractivity contribution in [2.24, 2.45) is 0 Å². The summed E-state index contributed by atoms with van der Waals surface area (Å²) in [6, 6.07) is 2.70. The Morgan fingerprint density at radius 1 is 1.22 bits per heavy atom. The van der Waals surface area contributed by atoms with Crippen molar-refractivity contribution in [2.45, 2.75) is 63.4 Å². The number of ether oxygens (including phenoxy) is 2. The lowest BCUT2D eigenvalue weighted by molar-refractivity contribution is -0.144. The first-order valence-corrected chi connectivity index (χ1v) is 10.5. The van der Waals surface area contributed by atoms with Crippen LogP contribution in [0.25, 0.3) is 0 Å². The van der Waals surface area contributed by atoms with Gasteiger partial charge in [-0.05, 0) is 57.7 Å². The molecule has 1 aromatic rings. The minimum atomic E-state index is -4.83. The first-order chi connectivity index (χ1) is 14.8. The average molecular weight is 460 g/mol. The van der Waals surface area contributed by atoms with Gasteiger partial charge in [-0.1, -0.05) is 6.07 Å². The fraction of sp³-hybridized carbons (Fsp3) is 0.636. The van der Waals surface area contributed by atoms with Gasteiger partial charge in [0.15, 0.2) is 0 Å². The fourth-order valence-corrected chi connectivity index (χ4v) is 3.99. The van der Waals surface area contributed by atoms with Crippen molar-refractivity contribution >= 4 is 12.1 Å². The molecule has 1 aliphatic carbocycles. The normalized spacial score (nSPS) is 20.0. The third kappa shape index (κ3) is 5.16. The highest BCUT2D eigenvalue weighted by Gasteiger charge is 2.52. The third-order valence-corrected chi connectivity index (χ3v) is 5.89. The number of benzene rings is 1. The van der Waals surface area contributed by atoms with Crippen LogP contribution in [0.5, 0.6) is 0 Å². The van der Waals surface area contributed by atoms with Gasteiger partial charge in [0.1, 0.15) is 11.4 Å². The number of carbonyl (C=O) groups is 2. The Bertz CT molecular complexity index is 878. The quantitative estimate of drug-likeness (QED) is 0.468. The molecule has 1 amide bonds. The number of amides is 1. The Hall–Kier alpha value is -2.36. The molecule has 32 heavy (non-hydrogen) atoms. The molecule has 2 fully saturated rings. The summed E-state index contributed by atoms with van der Waals surface area (Å²) in [5.74, 6) is -1.88. The summed E-state index contributed by atoms with van der Waals surface area (Å²) >= 11 is 0. The highest BCUT2D eigenvalue weighted by molar-refractivity contribution is 5.72. The lowest BCUT2D eigenvalue weighted by Gasteiger charge is -2.45. The van der Waals surface area contributed by atoms with Gasteiger partial charge >= 0.3 is 18.2 Å². The maximum absolute atomic E-state index is 13.8. The summed E-state index contributed by atoms with van der Waals surface area (Å²) < 4.78 is 63.8. The van der Waals surface area contributed by atoms with Crippen LogP contribution in [0.3, 0.4) is 0 Å². The van der Waals surface area contributed by atoms with Crippen LogP contribution in [0.4, 0.5) is 22.4 Å². The Labute approximate surface area is 184 Å². The Kier molecular flexibility index (Phi) is 6.48. The van der Waals surface area contributed by atoms with Crippen LogP contribution in [-0.2, 0) is 26.0 Å². The van der Waals surface area contributed by atoms with E-state index in [1.807, 2.05) is 0 Å². The number of nitrogens with zero attached hydrogens (tertiary/aromatic N) is 2. The summed E-state index contributed by atoms with van der Waals surface area (Å²) in [5.41, 5.74) is -2.56. The zero-order chi connectivity index (χ0) is 23.9. The van der Waals surface area contributed by atoms with E-state index in [9.17, 15) is 27.2 Å². The lowest BCUT2D eigenvalue weighted by atomic mass is 9.96. The van der Waals surface area contributed by atoms with Gasteiger partial charge in [0.2, 0.25) is 0 Å². The lowest BCUT2D eigenvalue weighted by Crippen LogP contribution is -2.58. The van der Waals surface area contributed by atoms with Crippen LogP contribution in [0.15, 0.2) is 18.2 Å². The maximum atomic E-state index is 13.8. The Morgan fingerprint density at radius 3 is 2.34 bits per heavy atom. The molecule has 0 N–H and O–H groups in total. The minimum absolute atomic E-state index is 0.159. The van der Waals surface area contributed by atoms with Gasteiger partial charge < -0.3 is 14.4 Å². The van der Waals surface area contributed by atoms with Crippen LogP contribution in [0.2, 0.25) is 0 Å². The van der Waals surface area contributed by atoms with Gasteiger partial charge in [0.25, 0.3) is 0 Å². The second-order valence-electron chi connectivity index (χ2n) is 9.30. The van der Waals surface area contributed by atoms with E-state index in [1.54, 1.807) is 30.6 Å². The summed E-state index contributed by atoms with van der Waals surface area (Å²) in [4.78, 5) is 27.9. The van der Waals surface area contributed by atoms with Crippen molar-refractivity contribution in [3.63, 3.8) is 0 Å². The summed E-state index contributed by atoms with van der Waals surface area (Å²) in [5, 5.41) is 0. The number of hydrogen-bond donors (Lipinski definition) is 0. The number of esters is 1. The minimum Gasteiger partial charge on any atom is -0.468 e. The molecule has 0 spiro atoms. The summed E-state index contributed by atoms with van der Waals surface area (Å²) in [6.07, 6.45) is -3.62. The van der Waals surface area contributed by atoms with Crippen molar-refractivity contribution in [3.8, 4) is 0 Å². The van der Waals surface area contributed by atoms with Crippen LogP contribution >= 0.6 is 0 Å². The van der Waals surface area contributed by atoms with Crippen molar-refractivity contribution in [1.29, 1.82) is 0 Å². The third-order valence-electron chi connectivity index (χ3n) is 5.89. The average Bonchev–Trinajstić information content (AvgIpc) is 3.43. The van der Waals surface area contributed by atoms with E-state index in [2.05, 4.69) is 0 Å². The SMILES string of the molecule is COC(=O)CN(CC1CCN1C(=O)OC(C)(C)C)C1(c2ccc(F)c(C(F)(F)F)c2)CC1. The van der Waals surface area contributed by atoms with E-state index < -0.39 is 40.8 Å². The summed E-state index contributed by atoms with van der Waals surface area (Å²) in [6.45, 7) is 5.87. The van der Waals surface area contributed by atoms with Gasteiger partial charge in [-0.15, -0.1) is 0 Å². The second-order valence-corrected chi connectivity index (χ2v) is 9.30. The molecule has 1 saturated carbocycles. The molecule has 2 aliphatic rings. The number of hydrogen-bond acceptors (Lipinski definition) is 5.